The van der Waals surface area contributed by atoms with Crippen molar-refractivity contribution >= 4 is 21.6 Å². The predicted octanol–water partition coefficient (Wildman–Crippen LogP) is 4.11. The maximum absolute atomic E-state index is 13.3. The number of benzene rings is 3. The van der Waals surface area contributed by atoms with Crippen LogP contribution in [0.4, 0.5) is 5.69 Å². The minimum atomic E-state index is -4.14. The zero-order valence-electron chi connectivity index (χ0n) is 17.0. The van der Waals surface area contributed by atoms with Gasteiger partial charge in [0.05, 0.1) is 17.7 Å². The van der Waals surface area contributed by atoms with Crippen molar-refractivity contribution in [1.82, 2.24) is 0 Å². The highest BCUT2D eigenvalue weighted by Crippen LogP contribution is 2.27. The predicted molar refractivity (Wildman–Crippen MR) is 116 cm³/mol. The molecule has 0 aliphatic heterocycles. The number of ether oxygens (including phenoxy) is 2. The Kier molecular flexibility index (Phi) is 6.42. The molecule has 30 heavy (non-hydrogen) atoms. The van der Waals surface area contributed by atoms with E-state index in [4.69, 9.17) is 9.47 Å². The zero-order chi connectivity index (χ0) is 21.7. The molecule has 3 aromatic carbocycles. The lowest BCUT2D eigenvalue weighted by atomic mass is 10.2. The van der Waals surface area contributed by atoms with Crippen molar-refractivity contribution in [2.45, 2.75) is 18.7 Å². The molecule has 7 heteroatoms. The Morgan fingerprint density at radius 3 is 2.13 bits per heavy atom. The van der Waals surface area contributed by atoms with Crippen molar-refractivity contribution in [3.05, 3.63) is 83.9 Å². The first kappa shape index (κ1) is 21.4. The topological polar surface area (TPSA) is 72.9 Å². The Morgan fingerprint density at radius 1 is 0.900 bits per heavy atom. The van der Waals surface area contributed by atoms with Gasteiger partial charge in [0.1, 0.15) is 11.5 Å². The maximum atomic E-state index is 13.3. The van der Waals surface area contributed by atoms with Crippen LogP contribution in [0.5, 0.6) is 11.5 Å². The summed E-state index contributed by atoms with van der Waals surface area (Å²) in [6, 6.07) is 19.8. The number of rotatable bonds is 7. The SMILES string of the molecule is COc1ccc(N(C(=O)COc2ccccc2C)S(=O)(=O)c2ccc(C)cc2)cc1. The summed E-state index contributed by atoms with van der Waals surface area (Å²) in [5.74, 6) is 0.368. The number of carbonyl (C=O) groups is 1. The molecule has 3 rings (SSSR count). The molecule has 0 aromatic heterocycles. The molecular formula is C23H23NO5S. The Balaban J connectivity index is 1.97. The first-order valence-corrected chi connectivity index (χ1v) is 10.7. The third kappa shape index (κ3) is 4.63. The van der Waals surface area contributed by atoms with E-state index < -0.39 is 22.5 Å². The van der Waals surface area contributed by atoms with Crippen LogP contribution < -0.4 is 13.8 Å². The van der Waals surface area contributed by atoms with Crippen LogP contribution in [0.2, 0.25) is 0 Å². The van der Waals surface area contributed by atoms with Gasteiger partial charge in [-0.2, -0.15) is 4.31 Å². The monoisotopic (exact) mass is 425 g/mol. The molecule has 0 bridgehead atoms. The van der Waals surface area contributed by atoms with E-state index in [1.165, 1.54) is 31.4 Å². The minimum Gasteiger partial charge on any atom is -0.497 e. The van der Waals surface area contributed by atoms with Gasteiger partial charge >= 0.3 is 0 Å². The van der Waals surface area contributed by atoms with Crippen molar-refractivity contribution in [1.29, 1.82) is 0 Å². The first-order valence-electron chi connectivity index (χ1n) is 9.30. The fraction of sp³-hybridized carbons (Fsp3) is 0.174. The number of aryl methyl sites for hydroxylation is 2. The van der Waals surface area contributed by atoms with Crippen LogP contribution in [-0.2, 0) is 14.8 Å². The van der Waals surface area contributed by atoms with Crippen LogP contribution in [-0.4, -0.2) is 28.0 Å². The lowest BCUT2D eigenvalue weighted by Gasteiger charge is -2.23. The highest BCUT2D eigenvalue weighted by molar-refractivity contribution is 7.93. The number of hydrogen-bond acceptors (Lipinski definition) is 5. The second kappa shape index (κ2) is 9.00. The van der Waals surface area contributed by atoms with Gasteiger partial charge in [-0.15, -0.1) is 0 Å². The maximum Gasteiger partial charge on any atom is 0.278 e. The molecule has 0 unspecified atom stereocenters. The molecule has 0 heterocycles. The highest BCUT2D eigenvalue weighted by Gasteiger charge is 2.31. The van der Waals surface area contributed by atoms with Gasteiger partial charge < -0.3 is 9.47 Å². The van der Waals surface area contributed by atoms with Crippen molar-refractivity contribution in [2.75, 3.05) is 18.0 Å². The normalized spacial score (nSPS) is 11.0. The molecule has 3 aromatic rings. The molecule has 0 N–H and O–H groups in total. The van der Waals surface area contributed by atoms with Crippen molar-refractivity contribution in [2.24, 2.45) is 0 Å². The van der Waals surface area contributed by atoms with Gasteiger partial charge in [-0.25, -0.2) is 8.42 Å². The number of sulfonamides is 1. The number of anilines is 1. The smallest absolute Gasteiger partial charge is 0.278 e. The molecule has 0 saturated carbocycles. The molecule has 0 aliphatic carbocycles. The largest absolute Gasteiger partial charge is 0.497 e. The Labute approximate surface area is 176 Å². The quantitative estimate of drug-likeness (QED) is 0.570. The summed E-state index contributed by atoms with van der Waals surface area (Å²) in [4.78, 5) is 13.1. The number of carbonyl (C=O) groups excluding carboxylic acids is 1. The standard InChI is InChI=1S/C23H23NO5S/c1-17-8-14-21(15-9-17)30(26,27)24(19-10-12-20(28-3)13-11-19)23(25)16-29-22-7-5-4-6-18(22)2/h4-15H,16H2,1-3H3. The van der Waals surface area contributed by atoms with Gasteiger partial charge in [0, 0.05) is 0 Å². The van der Waals surface area contributed by atoms with E-state index in [1.807, 2.05) is 26.0 Å². The van der Waals surface area contributed by atoms with Crippen LogP contribution >= 0.6 is 0 Å². The van der Waals surface area contributed by atoms with Crippen LogP contribution in [0, 0.1) is 13.8 Å². The number of nitrogens with zero attached hydrogens (tertiary/aromatic N) is 1. The Morgan fingerprint density at radius 2 is 1.53 bits per heavy atom. The van der Waals surface area contributed by atoms with E-state index in [9.17, 15) is 13.2 Å². The van der Waals surface area contributed by atoms with Crippen molar-refractivity contribution in [3.63, 3.8) is 0 Å². The number of hydrogen-bond donors (Lipinski definition) is 0. The van der Waals surface area contributed by atoms with Crippen LogP contribution in [0.15, 0.2) is 77.7 Å². The third-order valence-electron chi connectivity index (χ3n) is 4.54. The molecule has 0 atom stereocenters. The van der Waals surface area contributed by atoms with E-state index in [0.29, 0.717) is 11.5 Å². The van der Waals surface area contributed by atoms with Gasteiger partial charge in [0.2, 0.25) is 0 Å². The number of amides is 1. The third-order valence-corrected chi connectivity index (χ3v) is 6.30. The van der Waals surface area contributed by atoms with E-state index in [-0.39, 0.29) is 10.6 Å². The highest BCUT2D eigenvalue weighted by atomic mass is 32.2. The second-order valence-corrected chi connectivity index (χ2v) is 8.52. The molecule has 0 radical (unpaired) electrons. The molecular weight excluding hydrogens is 402 g/mol. The average molecular weight is 426 g/mol. The average Bonchev–Trinajstić information content (AvgIpc) is 2.74. The molecule has 1 amide bonds. The first-order chi connectivity index (χ1) is 14.3. The van der Waals surface area contributed by atoms with Crippen molar-refractivity contribution < 1.29 is 22.7 Å². The molecule has 0 fully saturated rings. The summed E-state index contributed by atoms with van der Waals surface area (Å²) >= 11 is 0. The summed E-state index contributed by atoms with van der Waals surface area (Å²) in [5.41, 5.74) is 1.97. The van der Waals surface area contributed by atoms with E-state index in [2.05, 4.69) is 0 Å². The van der Waals surface area contributed by atoms with Gasteiger partial charge in [0.15, 0.2) is 6.61 Å². The van der Waals surface area contributed by atoms with Crippen LogP contribution in [0.3, 0.4) is 0 Å². The number of methoxy groups -OCH3 is 1. The molecule has 0 saturated heterocycles. The van der Waals surface area contributed by atoms with E-state index >= 15 is 0 Å². The summed E-state index contributed by atoms with van der Waals surface area (Å²) in [7, 11) is -2.63. The van der Waals surface area contributed by atoms with E-state index in [0.717, 1.165) is 15.4 Å². The summed E-state index contributed by atoms with van der Waals surface area (Å²) in [5, 5.41) is 0. The van der Waals surface area contributed by atoms with Gasteiger partial charge in [-0.05, 0) is 61.9 Å². The number of para-hydroxylation sites is 1. The van der Waals surface area contributed by atoms with Crippen molar-refractivity contribution in [3.8, 4) is 11.5 Å². The van der Waals surface area contributed by atoms with Gasteiger partial charge in [-0.3, -0.25) is 4.79 Å². The van der Waals surface area contributed by atoms with Gasteiger partial charge in [-0.1, -0.05) is 35.9 Å². The van der Waals surface area contributed by atoms with Gasteiger partial charge in [0.25, 0.3) is 15.9 Å². The lowest BCUT2D eigenvalue weighted by Crippen LogP contribution is -2.40. The Bertz CT molecular complexity index is 1120. The summed E-state index contributed by atoms with van der Waals surface area (Å²) in [6.07, 6.45) is 0. The molecule has 0 aliphatic rings. The fourth-order valence-corrected chi connectivity index (χ4v) is 4.28. The minimum absolute atomic E-state index is 0.0214. The molecule has 6 nitrogen and oxygen atoms in total. The Hall–Kier alpha value is -3.32. The zero-order valence-corrected chi connectivity index (χ0v) is 17.8. The molecule has 0 spiro atoms. The fourth-order valence-electron chi connectivity index (χ4n) is 2.87. The van der Waals surface area contributed by atoms with E-state index in [1.54, 1.807) is 36.4 Å². The van der Waals surface area contributed by atoms with Crippen LogP contribution in [0.1, 0.15) is 11.1 Å². The lowest BCUT2D eigenvalue weighted by molar-refractivity contribution is -0.119. The summed E-state index contributed by atoms with van der Waals surface area (Å²) in [6.45, 7) is 3.28. The summed E-state index contributed by atoms with van der Waals surface area (Å²) < 4.78 is 38.2. The van der Waals surface area contributed by atoms with Crippen LogP contribution in [0.25, 0.3) is 0 Å². The molecule has 156 valence electrons. The second-order valence-electron chi connectivity index (χ2n) is 6.73.